The van der Waals surface area contributed by atoms with E-state index >= 15 is 0 Å². The predicted molar refractivity (Wildman–Crippen MR) is 334 cm³/mol. The van der Waals surface area contributed by atoms with Gasteiger partial charge in [0, 0.05) is 12.8 Å². The van der Waals surface area contributed by atoms with Crippen LogP contribution in [0.3, 0.4) is 0 Å². The number of allylic oxidation sites excluding steroid dienone is 16. The van der Waals surface area contributed by atoms with Gasteiger partial charge in [0.2, 0.25) is 0 Å². The predicted octanol–water partition coefficient (Wildman–Crippen LogP) is 22.6. The molecule has 0 saturated heterocycles. The Bertz CT molecular complexity index is 1430. The van der Waals surface area contributed by atoms with Gasteiger partial charge < -0.3 is 14.6 Å². The van der Waals surface area contributed by atoms with Crippen molar-refractivity contribution in [2.24, 2.45) is 0 Å². The molecule has 0 spiro atoms. The quantitative estimate of drug-likeness (QED) is 0.0373. The van der Waals surface area contributed by atoms with E-state index in [1.165, 1.54) is 205 Å². The van der Waals surface area contributed by atoms with Gasteiger partial charge >= 0.3 is 11.9 Å². The molecule has 76 heavy (non-hydrogen) atoms. The second-order valence-electron chi connectivity index (χ2n) is 21.8. The van der Waals surface area contributed by atoms with Gasteiger partial charge in [0.05, 0.1) is 6.61 Å². The molecule has 0 radical (unpaired) electrons. The molecular formula is C71H124O5. The summed E-state index contributed by atoms with van der Waals surface area (Å²) in [5, 5.41) is 9.69. The van der Waals surface area contributed by atoms with Crippen molar-refractivity contribution in [3.63, 3.8) is 0 Å². The van der Waals surface area contributed by atoms with Crippen molar-refractivity contribution in [3.05, 3.63) is 97.2 Å². The molecule has 5 nitrogen and oxygen atoms in total. The summed E-state index contributed by atoms with van der Waals surface area (Å²) in [7, 11) is 0. The smallest absolute Gasteiger partial charge is 0.306 e. The van der Waals surface area contributed by atoms with Gasteiger partial charge in [-0.1, -0.05) is 329 Å². The van der Waals surface area contributed by atoms with E-state index in [9.17, 15) is 14.7 Å². The number of carbonyl (C=O) groups is 2. The fourth-order valence-electron chi connectivity index (χ4n) is 9.52. The molecule has 0 heterocycles. The highest BCUT2D eigenvalue weighted by atomic mass is 16.6. The minimum Gasteiger partial charge on any atom is -0.462 e. The first-order valence-electron chi connectivity index (χ1n) is 32.8. The van der Waals surface area contributed by atoms with Crippen LogP contribution in [0.15, 0.2) is 97.2 Å². The molecule has 1 atom stereocenters. The zero-order valence-electron chi connectivity index (χ0n) is 50.3. The molecule has 1 N–H and O–H groups in total. The lowest BCUT2D eigenvalue weighted by atomic mass is 10.0. The third-order valence-corrected chi connectivity index (χ3v) is 14.4. The fraction of sp³-hybridized carbons (Fsp3) is 0.746. The molecule has 0 aliphatic carbocycles. The summed E-state index contributed by atoms with van der Waals surface area (Å²) in [5.41, 5.74) is 0. The van der Waals surface area contributed by atoms with Crippen LogP contribution < -0.4 is 0 Å². The van der Waals surface area contributed by atoms with Crippen LogP contribution in [-0.2, 0) is 19.1 Å². The number of ether oxygens (including phenoxy) is 2. The van der Waals surface area contributed by atoms with Crippen LogP contribution in [0.25, 0.3) is 0 Å². The first-order chi connectivity index (χ1) is 37.6. The SMILES string of the molecule is CC/C=C\C/C=C\C/C=C\C/C=C\C/C=C\C/C=C\C/C=C\C/C=C\CCCCCCCCCCCCCCC(=O)OC(CO)COC(=O)CCCCCCCCCCCCCCCCCCCCCCCCCCC. The van der Waals surface area contributed by atoms with E-state index in [2.05, 4.69) is 111 Å². The first kappa shape index (κ1) is 72.8. The van der Waals surface area contributed by atoms with E-state index in [-0.39, 0.29) is 25.2 Å². The zero-order valence-corrected chi connectivity index (χ0v) is 50.3. The van der Waals surface area contributed by atoms with Crippen molar-refractivity contribution < 1.29 is 24.2 Å². The number of esters is 2. The summed E-state index contributed by atoms with van der Waals surface area (Å²) in [4.78, 5) is 24.6. The third-order valence-electron chi connectivity index (χ3n) is 14.4. The topological polar surface area (TPSA) is 72.8 Å². The maximum Gasteiger partial charge on any atom is 0.306 e. The second kappa shape index (κ2) is 66.1. The Kier molecular flexibility index (Phi) is 63.3. The maximum atomic E-state index is 12.3. The monoisotopic (exact) mass is 1060 g/mol. The van der Waals surface area contributed by atoms with E-state index in [1.807, 2.05) is 0 Å². The Labute approximate surface area is 472 Å². The van der Waals surface area contributed by atoms with Crippen molar-refractivity contribution in [1.82, 2.24) is 0 Å². The molecule has 0 aromatic heterocycles. The molecule has 0 fully saturated rings. The second-order valence-corrected chi connectivity index (χ2v) is 21.8. The van der Waals surface area contributed by atoms with Crippen LogP contribution in [0.4, 0.5) is 0 Å². The van der Waals surface area contributed by atoms with Crippen LogP contribution >= 0.6 is 0 Å². The molecule has 438 valence electrons. The number of aliphatic hydroxyl groups excluding tert-OH is 1. The largest absolute Gasteiger partial charge is 0.462 e. The summed E-state index contributed by atoms with van der Waals surface area (Å²) in [6.45, 7) is 4.06. The Morgan fingerprint density at radius 2 is 0.566 bits per heavy atom. The summed E-state index contributed by atoms with van der Waals surface area (Å²) in [6, 6.07) is 0. The lowest BCUT2D eigenvalue weighted by Gasteiger charge is -2.15. The van der Waals surface area contributed by atoms with Gasteiger partial charge in [0.15, 0.2) is 6.10 Å². The summed E-state index contributed by atoms with van der Waals surface area (Å²) in [5.74, 6) is -0.581. The van der Waals surface area contributed by atoms with Gasteiger partial charge in [-0.25, -0.2) is 0 Å². The molecule has 0 aliphatic heterocycles. The highest BCUT2D eigenvalue weighted by Gasteiger charge is 2.16. The van der Waals surface area contributed by atoms with E-state index < -0.39 is 6.10 Å². The summed E-state index contributed by atoms with van der Waals surface area (Å²) >= 11 is 0. The van der Waals surface area contributed by atoms with Crippen LogP contribution in [0, 0.1) is 0 Å². The number of hydrogen-bond acceptors (Lipinski definition) is 5. The van der Waals surface area contributed by atoms with Crippen LogP contribution in [-0.4, -0.2) is 36.4 Å². The fourth-order valence-corrected chi connectivity index (χ4v) is 9.52. The minimum absolute atomic E-state index is 0.0659. The number of aliphatic hydroxyl groups is 1. The Morgan fingerprint density at radius 1 is 0.316 bits per heavy atom. The van der Waals surface area contributed by atoms with Gasteiger partial charge in [0.1, 0.15) is 6.61 Å². The summed E-state index contributed by atoms with van der Waals surface area (Å²) in [6.07, 6.45) is 94.1. The third kappa shape index (κ3) is 63.4. The number of rotatable bonds is 60. The van der Waals surface area contributed by atoms with Crippen LogP contribution in [0.2, 0.25) is 0 Å². The van der Waals surface area contributed by atoms with E-state index in [4.69, 9.17) is 9.47 Å². The first-order valence-corrected chi connectivity index (χ1v) is 32.8. The Morgan fingerprint density at radius 3 is 0.855 bits per heavy atom. The highest BCUT2D eigenvalue weighted by Crippen LogP contribution is 2.18. The average molecular weight is 1060 g/mol. The molecule has 5 heteroatoms. The van der Waals surface area contributed by atoms with Crippen molar-refractivity contribution in [1.29, 1.82) is 0 Å². The molecule has 0 aliphatic rings. The molecule has 0 aromatic rings. The average Bonchev–Trinajstić information content (AvgIpc) is 3.42. The number of carbonyl (C=O) groups excluding carboxylic acids is 2. The molecule has 0 aromatic carbocycles. The van der Waals surface area contributed by atoms with Crippen molar-refractivity contribution >= 4 is 11.9 Å². The van der Waals surface area contributed by atoms with Gasteiger partial charge in [-0.05, 0) is 77.0 Å². The van der Waals surface area contributed by atoms with E-state index in [0.29, 0.717) is 12.8 Å². The summed E-state index contributed by atoms with van der Waals surface area (Å²) < 4.78 is 10.7. The van der Waals surface area contributed by atoms with Gasteiger partial charge in [-0.2, -0.15) is 0 Å². The molecule has 1 unspecified atom stereocenters. The van der Waals surface area contributed by atoms with Crippen molar-refractivity contribution in [3.8, 4) is 0 Å². The molecule has 0 bridgehead atoms. The van der Waals surface area contributed by atoms with Crippen molar-refractivity contribution in [2.75, 3.05) is 13.2 Å². The van der Waals surface area contributed by atoms with Gasteiger partial charge in [-0.15, -0.1) is 0 Å². The maximum absolute atomic E-state index is 12.3. The van der Waals surface area contributed by atoms with Gasteiger partial charge in [-0.3, -0.25) is 9.59 Å². The molecule has 0 amide bonds. The molecule has 0 rings (SSSR count). The molecular weight excluding hydrogens is 933 g/mol. The number of hydrogen-bond donors (Lipinski definition) is 1. The highest BCUT2D eigenvalue weighted by molar-refractivity contribution is 5.70. The lowest BCUT2D eigenvalue weighted by molar-refractivity contribution is -0.161. The van der Waals surface area contributed by atoms with Crippen molar-refractivity contribution in [2.45, 2.75) is 328 Å². The van der Waals surface area contributed by atoms with Crippen LogP contribution in [0.5, 0.6) is 0 Å². The Balaban J connectivity index is 3.49. The van der Waals surface area contributed by atoms with E-state index in [1.54, 1.807) is 0 Å². The van der Waals surface area contributed by atoms with E-state index in [0.717, 1.165) is 89.9 Å². The standard InChI is InChI=1S/C71H124O5/c1-3-5-7-9-11-13-15-17-19-21-23-25-27-29-30-31-32-33-34-35-36-37-38-39-40-42-44-46-48-50-52-54-56-58-60-62-64-66-71(74)76-69(67-72)68-75-70(73)65-63-61-59-57-55-53-51-49-47-45-43-41-28-26-24-22-20-18-16-14-12-10-8-6-4-2/h5,7,11,13,17,19,23,25,29-30,32-33,35-36,38-39,69,72H,3-4,6,8-10,12,14-16,18,20-22,24,26-28,31,34,37,40-68H2,1-2H3/b7-5-,13-11-,19-17-,25-23-,30-29-,33-32-,36-35-,39-38-. The zero-order chi connectivity index (χ0) is 54.8. The normalized spacial score (nSPS) is 12.8. The van der Waals surface area contributed by atoms with Gasteiger partial charge in [0.25, 0.3) is 0 Å². The van der Waals surface area contributed by atoms with Crippen LogP contribution in [0.1, 0.15) is 322 Å². The Hall–Kier alpha value is -3.18. The number of unbranched alkanes of at least 4 members (excludes halogenated alkanes) is 36. The minimum atomic E-state index is -0.777. The molecule has 0 saturated carbocycles. The lowest BCUT2D eigenvalue weighted by Crippen LogP contribution is -2.28.